The van der Waals surface area contributed by atoms with Gasteiger partial charge in [0.1, 0.15) is 6.04 Å². The van der Waals surface area contributed by atoms with Gasteiger partial charge in [-0.1, -0.05) is 17.7 Å². The lowest BCUT2D eigenvalue weighted by Gasteiger charge is -2.18. The maximum Gasteiger partial charge on any atom is 0.242 e. The van der Waals surface area contributed by atoms with E-state index in [1.54, 1.807) is 0 Å². The highest BCUT2D eigenvalue weighted by atomic mass is 16.2. The fourth-order valence-corrected chi connectivity index (χ4v) is 1.68. The highest BCUT2D eigenvalue weighted by Gasteiger charge is 2.13. The average molecular weight is 234 g/mol. The van der Waals surface area contributed by atoms with Crippen molar-refractivity contribution in [1.82, 2.24) is 5.32 Å². The number of benzene rings is 1. The molecule has 3 nitrogen and oxygen atoms in total. The van der Waals surface area contributed by atoms with E-state index in [-0.39, 0.29) is 18.0 Å². The molecule has 0 fully saturated rings. The number of aryl methyl sites for hydroxylation is 2. The molecular formula is C14H22N2O. The Morgan fingerprint density at radius 1 is 1.18 bits per heavy atom. The Hall–Kier alpha value is -1.51. The smallest absolute Gasteiger partial charge is 0.242 e. The minimum atomic E-state index is -0.223. The third-order valence-electron chi connectivity index (χ3n) is 2.58. The van der Waals surface area contributed by atoms with Crippen molar-refractivity contribution in [1.29, 1.82) is 0 Å². The van der Waals surface area contributed by atoms with Crippen LogP contribution in [-0.2, 0) is 4.79 Å². The van der Waals surface area contributed by atoms with Crippen molar-refractivity contribution in [2.75, 3.05) is 5.32 Å². The number of carbonyl (C=O) groups excluding carboxylic acids is 1. The normalized spacial score (nSPS) is 12.4. The lowest BCUT2D eigenvalue weighted by molar-refractivity contribution is -0.122. The van der Waals surface area contributed by atoms with Crippen molar-refractivity contribution in [3.63, 3.8) is 0 Å². The molecule has 0 saturated carbocycles. The second-order valence-corrected chi connectivity index (χ2v) is 4.85. The largest absolute Gasteiger partial charge is 0.374 e. The van der Waals surface area contributed by atoms with Crippen molar-refractivity contribution in [3.05, 3.63) is 29.3 Å². The third kappa shape index (κ3) is 4.10. The van der Waals surface area contributed by atoms with Crippen molar-refractivity contribution in [2.24, 2.45) is 0 Å². The molecule has 17 heavy (non-hydrogen) atoms. The van der Waals surface area contributed by atoms with Gasteiger partial charge < -0.3 is 10.6 Å². The quantitative estimate of drug-likeness (QED) is 0.841. The predicted molar refractivity (Wildman–Crippen MR) is 72.3 cm³/mol. The van der Waals surface area contributed by atoms with Crippen LogP contribution in [0, 0.1) is 13.8 Å². The van der Waals surface area contributed by atoms with Crippen LogP contribution in [0.4, 0.5) is 5.69 Å². The second-order valence-electron chi connectivity index (χ2n) is 4.85. The van der Waals surface area contributed by atoms with E-state index in [1.807, 2.05) is 39.8 Å². The summed E-state index contributed by atoms with van der Waals surface area (Å²) in [6, 6.07) is 6.12. The number of hydrogen-bond acceptors (Lipinski definition) is 2. The van der Waals surface area contributed by atoms with E-state index in [0.717, 1.165) is 11.3 Å². The number of hydrogen-bond donors (Lipinski definition) is 2. The molecule has 94 valence electrons. The van der Waals surface area contributed by atoms with E-state index in [1.165, 1.54) is 5.56 Å². The van der Waals surface area contributed by atoms with Crippen LogP contribution in [0.5, 0.6) is 0 Å². The fourth-order valence-electron chi connectivity index (χ4n) is 1.68. The molecule has 1 atom stereocenters. The van der Waals surface area contributed by atoms with Gasteiger partial charge >= 0.3 is 0 Å². The standard InChI is InChI=1S/C14H22N2O/c1-9(2)15-14(17)12(5)16-13-7-6-10(3)8-11(13)4/h6-9,12,16H,1-5H3,(H,15,17). The molecular weight excluding hydrogens is 212 g/mol. The summed E-state index contributed by atoms with van der Waals surface area (Å²) in [6.45, 7) is 9.90. The van der Waals surface area contributed by atoms with Crippen LogP contribution >= 0.6 is 0 Å². The minimum absolute atomic E-state index is 0.0278. The van der Waals surface area contributed by atoms with Gasteiger partial charge in [-0.3, -0.25) is 4.79 Å². The van der Waals surface area contributed by atoms with E-state index in [4.69, 9.17) is 0 Å². The van der Waals surface area contributed by atoms with Gasteiger partial charge in [0.25, 0.3) is 0 Å². The fraction of sp³-hybridized carbons (Fsp3) is 0.500. The van der Waals surface area contributed by atoms with Crippen LogP contribution < -0.4 is 10.6 Å². The molecule has 2 N–H and O–H groups in total. The summed E-state index contributed by atoms with van der Waals surface area (Å²) >= 11 is 0. The SMILES string of the molecule is Cc1ccc(NC(C)C(=O)NC(C)C)c(C)c1. The van der Waals surface area contributed by atoms with Crippen molar-refractivity contribution in [2.45, 2.75) is 46.7 Å². The molecule has 1 aromatic carbocycles. The molecule has 0 radical (unpaired) electrons. The average Bonchev–Trinajstić information content (AvgIpc) is 2.21. The first-order chi connectivity index (χ1) is 7.90. The summed E-state index contributed by atoms with van der Waals surface area (Å²) in [4.78, 5) is 11.8. The van der Waals surface area contributed by atoms with Crippen LogP contribution in [0.3, 0.4) is 0 Å². The van der Waals surface area contributed by atoms with E-state index in [2.05, 4.69) is 23.6 Å². The van der Waals surface area contributed by atoms with Crippen LogP contribution in [0.2, 0.25) is 0 Å². The molecule has 0 saturated heterocycles. The maximum absolute atomic E-state index is 11.8. The molecule has 0 heterocycles. The number of carbonyl (C=O) groups is 1. The molecule has 1 unspecified atom stereocenters. The molecule has 0 bridgehead atoms. The van der Waals surface area contributed by atoms with E-state index < -0.39 is 0 Å². The minimum Gasteiger partial charge on any atom is -0.374 e. The Morgan fingerprint density at radius 3 is 2.35 bits per heavy atom. The van der Waals surface area contributed by atoms with Crippen molar-refractivity contribution < 1.29 is 4.79 Å². The molecule has 0 aliphatic heterocycles. The third-order valence-corrected chi connectivity index (χ3v) is 2.58. The summed E-state index contributed by atoms with van der Waals surface area (Å²) in [5, 5.41) is 6.12. The van der Waals surface area contributed by atoms with Gasteiger partial charge in [0.2, 0.25) is 5.91 Å². The summed E-state index contributed by atoms with van der Waals surface area (Å²) in [7, 11) is 0. The first kappa shape index (κ1) is 13.6. The molecule has 0 spiro atoms. The van der Waals surface area contributed by atoms with E-state index in [0.29, 0.717) is 0 Å². The topological polar surface area (TPSA) is 41.1 Å². The summed E-state index contributed by atoms with van der Waals surface area (Å²) < 4.78 is 0. The van der Waals surface area contributed by atoms with Gasteiger partial charge in [0, 0.05) is 11.7 Å². The van der Waals surface area contributed by atoms with Gasteiger partial charge in [-0.2, -0.15) is 0 Å². The first-order valence-electron chi connectivity index (χ1n) is 6.04. The van der Waals surface area contributed by atoms with Gasteiger partial charge in [-0.15, -0.1) is 0 Å². The number of rotatable bonds is 4. The number of nitrogens with one attached hydrogen (secondary N) is 2. The van der Waals surface area contributed by atoms with Crippen LogP contribution in [-0.4, -0.2) is 18.0 Å². The molecule has 3 heteroatoms. The van der Waals surface area contributed by atoms with Gasteiger partial charge in [-0.25, -0.2) is 0 Å². The first-order valence-corrected chi connectivity index (χ1v) is 6.04. The van der Waals surface area contributed by atoms with Crippen molar-refractivity contribution >= 4 is 11.6 Å². The predicted octanol–water partition coefficient (Wildman–Crippen LogP) is 2.63. The van der Waals surface area contributed by atoms with E-state index >= 15 is 0 Å². The summed E-state index contributed by atoms with van der Waals surface area (Å²) in [5.41, 5.74) is 3.41. The van der Waals surface area contributed by atoms with Crippen LogP contribution in [0.15, 0.2) is 18.2 Å². The Kier molecular flexibility index (Phi) is 4.55. The number of amides is 1. The van der Waals surface area contributed by atoms with Gasteiger partial charge in [0.05, 0.1) is 0 Å². The lowest BCUT2D eigenvalue weighted by atomic mass is 10.1. The monoisotopic (exact) mass is 234 g/mol. The molecule has 1 aromatic rings. The Morgan fingerprint density at radius 2 is 1.82 bits per heavy atom. The maximum atomic E-state index is 11.8. The zero-order chi connectivity index (χ0) is 13.0. The molecule has 1 amide bonds. The Labute approximate surface area is 104 Å². The zero-order valence-electron chi connectivity index (χ0n) is 11.3. The van der Waals surface area contributed by atoms with E-state index in [9.17, 15) is 4.79 Å². The summed E-state index contributed by atoms with van der Waals surface area (Å²) in [5.74, 6) is 0.0278. The zero-order valence-corrected chi connectivity index (χ0v) is 11.3. The molecule has 0 aliphatic carbocycles. The van der Waals surface area contributed by atoms with Crippen LogP contribution in [0.1, 0.15) is 31.9 Å². The Balaban J connectivity index is 2.67. The molecule has 0 aliphatic rings. The van der Waals surface area contributed by atoms with Crippen molar-refractivity contribution in [3.8, 4) is 0 Å². The lowest BCUT2D eigenvalue weighted by Crippen LogP contribution is -2.41. The van der Waals surface area contributed by atoms with Crippen LogP contribution in [0.25, 0.3) is 0 Å². The Bertz CT molecular complexity index is 399. The highest BCUT2D eigenvalue weighted by molar-refractivity contribution is 5.84. The van der Waals surface area contributed by atoms with Gasteiger partial charge in [-0.05, 0) is 46.2 Å². The van der Waals surface area contributed by atoms with Gasteiger partial charge in [0.15, 0.2) is 0 Å². The molecule has 1 rings (SSSR count). The number of anilines is 1. The summed E-state index contributed by atoms with van der Waals surface area (Å²) in [6.07, 6.45) is 0. The highest BCUT2D eigenvalue weighted by Crippen LogP contribution is 2.16. The second kappa shape index (κ2) is 5.71. The molecule has 0 aromatic heterocycles.